The van der Waals surface area contributed by atoms with Crippen molar-refractivity contribution in [3.8, 4) is 11.5 Å². The van der Waals surface area contributed by atoms with E-state index in [1.165, 1.54) is 16.8 Å². The molecule has 2 N–H and O–H groups in total. The molecular weight excluding hydrogens is 705 g/mol. The molecule has 284 valence electrons. The maximum atomic E-state index is 16.1. The summed E-state index contributed by atoms with van der Waals surface area (Å²) in [6.07, 6.45) is 4.70. The summed E-state index contributed by atoms with van der Waals surface area (Å²) < 4.78 is 56.2. The van der Waals surface area contributed by atoms with Crippen molar-refractivity contribution in [2.24, 2.45) is 0 Å². The molecule has 1 aliphatic carbocycles. The van der Waals surface area contributed by atoms with Crippen LogP contribution in [0.5, 0.6) is 0 Å². The molecule has 17 heteroatoms. The van der Waals surface area contributed by atoms with Crippen LogP contribution in [0, 0.1) is 17.5 Å². The van der Waals surface area contributed by atoms with Crippen LogP contribution in [0.25, 0.3) is 33.3 Å². The first-order valence-electron chi connectivity index (χ1n) is 18.2. The smallest absolute Gasteiger partial charge is 0.327 e. The Hall–Kier alpha value is -5.42. The average molecular weight is 747 g/mol. The van der Waals surface area contributed by atoms with Crippen molar-refractivity contribution in [3.63, 3.8) is 0 Å². The lowest BCUT2D eigenvalue weighted by molar-refractivity contribution is 0.232. The van der Waals surface area contributed by atoms with Crippen molar-refractivity contribution < 1.29 is 22.4 Å². The van der Waals surface area contributed by atoms with Gasteiger partial charge in [-0.1, -0.05) is 5.10 Å². The van der Waals surface area contributed by atoms with E-state index in [0.29, 0.717) is 43.9 Å². The van der Waals surface area contributed by atoms with Crippen molar-refractivity contribution in [2.45, 2.75) is 45.3 Å². The molecule has 2 amide bonds. The van der Waals surface area contributed by atoms with Crippen LogP contribution < -0.4 is 31.3 Å². The van der Waals surface area contributed by atoms with Crippen LogP contribution in [-0.2, 0) is 6.54 Å². The lowest BCUT2D eigenvalue weighted by Gasteiger charge is -2.39. The molecule has 0 radical (unpaired) electrons. The highest BCUT2D eigenvalue weighted by Gasteiger charge is 2.30. The fourth-order valence-electron chi connectivity index (χ4n) is 7.45. The number of carbonyl (C=O) groups is 1. The van der Waals surface area contributed by atoms with Crippen molar-refractivity contribution >= 4 is 50.9 Å². The van der Waals surface area contributed by atoms with Crippen LogP contribution in [0.3, 0.4) is 0 Å². The summed E-state index contributed by atoms with van der Waals surface area (Å²) in [4.78, 5) is 48.3. The van der Waals surface area contributed by atoms with Gasteiger partial charge in [0, 0.05) is 82.2 Å². The monoisotopic (exact) mass is 746 g/mol. The van der Waals surface area contributed by atoms with Crippen molar-refractivity contribution in [3.05, 3.63) is 68.5 Å². The zero-order chi connectivity index (χ0) is 38.0. The van der Waals surface area contributed by atoms with E-state index in [4.69, 9.17) is 4.42 Å². The molecule has 3 aromatic heterocycles. The summed E-state index contributed by atoms with van der Waals surface area (Å²) in [6, 6.07) is 2.87. The van der Waals surface area contributed by atoms with Gasteiger partial charge in [-0.25, -0.2) is 18.0 Å². The molecule has 1 saturated carbocycles. The first-order valence-corrected chi connectivity index (χ1v) is 18.2. The summed E-state index contributed by atoms with van der Waals surface area (Å²) in [5.74, 6) is -2.41. The number of fused-ring (bicyclic) bond motifs is 2. The average Bonchev–Trinajstić information content (AvgIpc) is 3.89. The molecule has 0 bridgehead atoms. The topological polar surface area (TPSA) is 137 Å². The molecule has 3 aliphatic rings. The molecule has 2 aromatic carbocycles. The van der Waals surface area contributed by atoms with Gasteiger partial charge in [-0.05, 0) is 59.0 Å². The van der Waals surface area contributed by atoms with E-state index in [1.807, 2.05) is 30.5 Å². The summed E-state index contributed by atoms with van der Waals surface area (Å²) in [5.41, 5.74) is -0.690. The zero-order valence-electron chi connectivity index (χ0n) is 30.5. The maximum absolute atomic E-state index is 16.1. The van der Waals surface area contributed by atoms with Gasteiger partial charge in [0.15, 0.2) is 5.82 Å². The van der Waals surface area contributed by atoms with Crippen LogP contribution in [0.1, 0.15) is 32.7 Å². The Bertz CT molecular complexity index is 2420. The number of aromatic nitrogens is 4. The minimum Gasteiger partial charge on any atom is -0.403 e. The molecule has 1 unspecified atom stereocenters. The molecule has 8 rings (SSSR count). The second kappa shape index (κ2) is 13.8. The second-order valence-corrected chi connectivity index (χ2v) is 14.5. The third-order valence-corrected chi connectivity index (χ3v) is 10.9. The molecule has 14 nitrogen and oxygen atoms in total. The molecule has 54 heavy (non-hydrogen) atoms. The summed E-state index contributed by atoms with van der Waals surface area (Å²) in [6.45, 7) is 8.31. The van der Waals surface area contributed by atoms with E-state index >= 15 is 13.2 Å². The first kappa shape index (κ1) is 35.6. The van der Waals surface area contributed by atoms with Gasteiger partial charge < -0.3 is 38.5 Å². The summed E-state index contributed by atoms with van der Waals surface area (Å²) >= 11 is 0. The number of halogens is 3. The first-order chi connectivity index (χ1) is 25.9. The Labute approximate surface area is 307 Å². The number of pyridine rings is 2. The number of urea groups is 1. The maximum Gasteiger partial charge on any atom is 0.327 e. The predicted molar refractivity (Wildman–Crippen MR) is 200 cm³/mol. The predicted octanol–water partition coefficient (Wildman–Crippen LogP) is 4.67. The number of amides is 2. The Morgan fingerprint density at radius 2 is 1.61 bits per heavy atom. The van der Waals surface area contributed by atoms with Crippen LogP contribution >= 0.6 is 0 Å². The highest BCUT2D eigenvalue weighted by Crippen LogP contribution is 2.39. The fourth-order valence-corrected chi connectivity index (χ4v) is 7.45. The number of carbonyl (C=O) groups excluding carboxylic acids is 1. The number of likely N-dealkylation sites (N-methyl/N-ethyl adjacent to an activating group) is 2. The Balaban J connectivity index is 1.06. The van der Waals surface area contributed by atoms with E-state index < -0.39 is 34.3 Å². The lowest BCUT2D eigenvalue weighted by atomic mass is 10.1. The Kier molecular flexibility index (Phi) is 9.08. The van der Waals surface area contributed by atoms with Crippen LogP contribution in [0.2, 0.25) is 0 Å². The molecule has 2 aliphatic heterocycles. The Morgan fingerprint density at radius 3 is 2.31 bits per heavy atom. The van der Waals surface area contributed by atoms with E-state index in [1.54, 1.807) is 24.1 Å². The standard InChI is InChI=1S/C37H41F3N10O4/c1-5-47-19-27(34(52)23-15-26(39)32(30(40)31(23)47)49-13-10-46(4)20(2)17-49)41-36(53)42-37-44-43-35(54-37)24-18-50(21-6-7-21)28-16-29(25(38)14-22(28)33(24)51)48-11-8-45(3)9-12-48/h14-16,18-21H,5-13,17H2,1-4H3,(H2,41,42,44,53). The van der Waals surface area contributed by atoms with Gasteiger partial charge in [0.05, 0.1) is 22.1 Å². The van der Waals surface area contributed by atoms with Gasteiger partial charge in [-0.15, -0.1) is 5.10 Å². The van der Waals surface area contributed by atoms with E-state index in [9.17, 15) is 14.4 Å². The third kappa shape index (κ3) is 6.34. The van der Waals surface area contributed by atoms with Gasteiger partial charge >= 0.3 is 12.0 Å². The van der Waals surface area contributed by atoms with Gasteiger partial charge in [0.2, 0.25) is 10.9 Å². The molecule has 3 fully saturated rings. The van der Waals surface area contributed by atoms with Crippen LogP contribution in [0.15, 0.2) is 44.6 Å². The SMILES string of the molecule is CCn1cc(NC(=O)Nc2nnc(-c3cn(C4CC4)c4cc(N5CCN(C)CC5)c(F)cc4c3=O)o2)c(=O)c2cc(F)c(N3CCN(C)C(C)C3)c(F)c21. The number of hydrogen-bond donors (Lipinski definition) is 2. The highest BCUT2D eigenvalue weighted by atomic mass is 19.1. The molecule has 1 atom stereocenters. The minimum absolute atomic E-state index is 0.0388. The number of hydrogen-bond acceptors (Lipinski definition) is 10. The second-order valence-electron chi connectivity index (χ2n) is 14.5. The molecule has 5 heterocycles. The fraction of sp³-hybridized carbons (Fsp3) is 0.432. The van der Waals surface area contributed by atoms with E-state index in [2.05, 4.69) is 30.6 Å². The normalized spacial score (nSPS) is 18.5. The van der Waals surface area contributed by atoms with Crippen molar-refractivity contribution in [1.29, 1.82) is 0 Å². The number of benzene rings is 2. The number of aryl methyl sites for hydroxylation is 1. The Morgan fingerprint density at radius 1 is 0.889 bits per heavy atom. The third-order valence-electron chi connectivity index (χ3n) is 10.9. The number of nitrogens with one attached hydrogen (secondary N) is 2. The highest BCUT2D eigenvalue weighted by molar-refractivity contribution is 6.00. The van der Waals surface area contributed by atoms with Gasteiger partial charge in [0.1, 0.15) is 28.6 Å². The quantitative estimate of drug-likeness (QED) is 0.242. The molecule has 0 spiro atoms. The van der Waals surface area contributed by atoms with Crippen molar-refractivity contribution in [2.75, 3.05) is 80.3 Å². The summed E-state index contributed by atoms with van der Waals surface area (Å²) in [5, 5.41) is 12.6. The molecule has 2 saturated heterocycles. The van der Waals surface area contributed by atoms with Gasteiger partial charge in [0.25, 0.3) is 5.89 Å². The van der Waals surface area contributed by atoms with Crippen molar-refractivity contribution in [1.82, 2.24) is 29.1 Å². The number of nitrogens with zero attached hydrogens (tertiary/aromatic N) is 8. The minimum atomic E-state index is -0.944. The van der Waals surface area contributed by atoms with E-state index in [-0.39, 0.29) is 63.8 Å². The molecule has 5 aromatic rings. The number of piperazine rings is 2. The molecular formula is C37H41F3N10O4. The van der Waals surface area contributed by atoms with Crippen LogP contribution in [-0.4, -0.2) is 101 Å². The van der Waals surface area contributed by atoms with E-state index in [0.717, 1.165) is 32.0 Å². The number of anilines is 4. The van der Waals surface area contributed by atoms with Gasteiger partial charge in [-0.2, -0.15) is 0 Å². The zero-order valence-corrected chi connectivity index (χ0v) is 30.5. The largest absolute Gasteiger partial charge is 0.403 e. The van der Waals surface area contributed by atoms with Crippen LogP contribution in [0.4, 0.5) is 41.0 Å². The summed E-state index contributed by atoms with van der Waals surface area (Å²) in [7, 11) is 3.98. The lowest BCUT2D eigenvalue weighted by Crippen LogP contribution is -2.50. The number of rotatable bonds is 7. The van der Waals surface area contributed by atoms with Gasteiger partial charge in [-0.3, -0.25) is 14.9 Å².